The second-order valence-electron chi connectivity index (χ2n) is 14.5. The predicted octanol–water partition coefficient (Wildman–Crippen LogP) is 7.20. The van der Waals surface area contributed by atoms with E-state index in [0.717, 1.165) is 60.6 Å². The zero-order valence-corrected chi connectivity index (χ0v) is 34.1. The average molecular weight is 826 g/mol. The first-order chi connectivity index (χ1) is 27.4. The fourth-order valence-corrected chi connectivity index (χ4v) is 9.45. The molecule has 2 aliphatic rings. The van der Waals surface area contributed by atoms with Crippen LogP contribution < -0.4 is 14.9 Å². The summed E-state index contributed by atoms with van der Waals surface area (Å²) in [7, 11) is -0.564. The highest BCUT2D eigenvalue weighted by atomic mass is 35.5. The number of piperazine rings is 1. The van der Waals surface area contributed by atoms with Gasteiger partial charge in [0.05, 0.1) is 21.2 Å². The molecule has 3 heterocycles. The Bertz CT molecular complexity index is 2350. The highest BCUT2D eigenvalue weighted by molar-refractivity contribution is 7.99. The number of fused-ring (bicyclic) bond motifs is 3. The molecule has 5 aromatic rings. The number of hydrogen-bond acceptors (Lipinski definition) is 11. The van der Waals surface area contributed by atoms with Gasteiger partial charge in [-0.05, 0) is 92.3 Å². The predicted molar refractivity (Wildman–Crippen MR) is 227 cm³/mol. The van der Waals surface area contributed by atoms with Crippen molar-refractivity contribution in [1.29, 1.82) is 0 Å². The van der Waals surface area contributed by atoms with Gasteiger partial charge in [0, 0.05) is 66.4 Å². The molecule has 296 valence electrons. The summed E-state index contributed by atoms with van der Waals surface area (Å²) in [6, 6.07) is 33.1. The van der Waals surface area contributed by atoms with Crippen LogP contribution in [0, 0.1) is 10.1 Å². The van der Waals surface area contributed by atoms with Gasteiger partial charge in [0.2, 0.25) is 0 Å². The van der Waals surface area contributed by atoms with Crippen LogP contribution in [-0.4, -0.2) is 92.1 Å². The van der Waals surface area contributed by atoms with Crippen molar-refractivity contribution >= 4 is 56.4 Å². The Balaban J connectivity index is 1.01. The van der Waals surface area contributed by atoms with E-state index in [-0.39, 0.29) is 23.5 Å². The molecule has 2 N–H and O–H groups in total. The summed E-state index contributed by atoms with van der Waals surface area (Å²) in [6.45, 7) is 3.95. The standard InChI is InChI=1S/C42H44ClN7O5S2/c1-47(2)21-20-32(28-56-34-9-4-3-5-10-34)44-37-17-16-35(25-41(37)50(52)53)57(54,55)46-42(51)38-18-19-40-39(45-38)24-33-27-48(22-23-49(33)40)26-30-8-6-7-11-36(30)29-12-14-31(43)15-13-29/h3-19,25,32-33,44H,20-24,26-28H2,1-2H3,(H,46,51)/t32-,33?/m1/s1. The third-order valence-corrected chi connectivity index (χ3v) is 13.0. The Kier molecular flexibility index (Phi) is 12.5. The van der Waals surface area contributed by atoms with Crippen LogP contribution in [-0.2, 0) is 23.0 Å². The van der Waals surface area contributed by atoms with Crippen molar-refractivity contribution in [2.75, 3.05) is 56.2 Å². The zero-order chi connectivity index (χ0) is 40.1. The molecule has 2 atom stereocenters. The second-order valence-corrected chi connectivity index (χ2v) is 17.8. The summed E-state index contributed by atoms with van der Waals surface area (Å²) >= 11 is 7.77. The first-order valence-electron chi connectivity index (χ1n) is 18.7. The Morgan fingerprint density at radius 1 is 1.00 bits per heavy atom. The van der Waals surface area contributed by atoms with E-state index in [1.807, 2.05) is 85.7 Å². The van der Waals surface area contributed by atoms with E-state index < -0.39 is 31.4 Å². The molecule has 0 aliphatic carbocycles. The van der Waals surface area contributed by atoms with Crippen LogP contribution in [0.2, 0.25) is 5.02 Å². The normalized spacial score (nSPS) is 15.9. The first-order valence-corrected chi connectivity index (χ1v) is 21.6. The number of nitro benzene ring substituents is 1. The molecule has 15 heteroatoms. The van der Waals surface area contributed by atoms with Crippen molar-refractivity contribution in [3.8, 4) is 11.1 Å². The number of nitro groups is 1. The number of aromatic nitrogens is 1. The molecule has 1 aromatic heterocycles. The van der Waals surface area contributed by atoms with Gasteiger partial charge in [-0.25, -0.2) is 18.1 Å². The maximum Gasteiger partial charge on any atom is 0.293 e. The van der Waals surface area contributed by atoms with E-state index in [0.29, 0.717) is 23.6 Å². The molecule has 0 bridgehead atoms. The van der Waals surface area contributed by atoms with Crippen LogP contribution in [0.1, 0.15) is 28.2 Å². The summed E-state index contributed by atoms with van der Waals surface area (Å²) in [4.78, 5) is 37.1. The summed E-state index contributed by atoms with van der Waals surface area (Å²) in [5.41, 5.74) is 4.92. The molecule has 4 aromatic carbocycles. The van der Waals surface area contributed by atoms with E-state index in [1.165, 1.54) is 29.3 Å². The SMILES string of the molecule is CN(C)CC[C@H](CSc1ccccc1)Nc1ccc(S(=O)(=O)NC(=O)c2ccc3c(n2)CC2CN(Cc4ccccc4-c4ccc(Cl)cc4)CCN32)cc1[N+](=O)[O-]. The van der Waals surface area contributed by atoms with Crippen LogP contribution in [0.4, 0.5) is 17.1 Å². The van der Waals surface area contributed by atoms with Gasteiger partial charge < -0.3 is 15.1 Å². The number of amides is 1. The van der Waals surface area contributed by atoms with E-state index in [2.05, 4.69) is 43.0 Å². The van der Waals surface area contributed by atoms with Gasteiger partial charge >= 0.3 is 0 Å². The van der Waals surface area contributed by atoms with E-state index in [9.17, 15) is 23.3 Å². The minimum absolute atomic E-state index is 0.0432. The van der Waals surface area contributed by atoms with E-state index in [1.54, 1.807) is 11.8 Å². The number of carbonyl (C=O) groups excluding carboxylic acids is 1. The minimum Gasteiger partial charge on any atom is -0.376 e. The van der Waals surface area contributed by atoms with Crippen LogP contribution in [0.3, 0.4) is 0 Å². The topological polar surface area (TPSA) is 141 Å². The zero-order valence-electron chi connectivity index (χ0n) is 31.7. The number of nitrogens with one attached hydrogen (secondary N) is 2. The van der Waals surface area contributed by atoms with Crippen LogP contribution in [0.5, 0.6) is 0 Å². The summed E-state index contributed by atoms with van der Waals surface area (Å²) in [5, 5.41) is 16.2. The molecular formula is C42H44ClN7O5S2. The molecule has 0 saturated carbocycles. The Morgan fingerprint density at radius 3 is 2.51 bits per heavy atom. The van der Waals surface area contributed by atoms with Gasteiger partial charge in [0.1, 0.15) is 11.4 Å². The number of pyridine rings is 1. The number of carbonyl (C=O) groups is 1. The molecule has 7 rings (SSSR count). The van der Waals surface area contributed by atoms with Crippen molar-refractivity contribution in [3.63, 3.8) is 0 Å². The molecule has 12 nitrogen and oxygen atoms in total. The highest BCUT2D eigenvalue weighted by Gasteiger charge is 2.36. The number of anilines is 2. The number of halogens is 1. The summed E-state index contributed by atoms with van der Waals surface area (Å²) in [5.74, 6) is -0.273. The lowest BCUT2D eigenvalue weighted by Crippen LogP contribution is -2.51. The molecule has 1 unspecified atom stereocenters. The lowest BCUT2D eigenvalue weighted by Gasteiger charge is -2.39. The number of thioether (sulfide) groups is 1. The minimum atomic E-state index is -4.48. The van der Waals surface area contributed by atoms with E-state index in [4.69, 9.17) is 11.6 Å². The highest BCUT2D eigenvalue weighted by Crippen LogP contribution is 2.35. The Labute approximate surface area is 342 Å². The van der Waals surface area contributed by atoms with Gasteiger partial charge in [-0.15, -0.1) is 11.8 Å². The van der Waals surface area contributed by atoms with Crippen molar-refractivity contribution in [2.24, 2.45) is 0 Å². The average Bonchev–Trinajstić information content (AvgIpc) is 3.56. The molecule has 0 spiro atoms. The number of benzene rings is 4. The fraction of sp³-hybridized carbons (Fsp3) is 0.286. The van der Waals surface area contributed by atoms with Crippen molar-refractivity contribution in [1.82, 2.24) is 19.5 Å². The van der Waals surface area contributed by atoms with Crippen LogP contribution >= 0.6 is 23.4 Å². The smallest absolute Gasteiger partial charge is 0.293 e. The first kappa shape index (κ1) is 40.2. The van der Waals surface area contributed by atoms with Gasteiger partial charge in [0.25, 0.3) is 21.6 Å². The maximum absolute atomic E-state index is 13.5. The molecule has 1 saturated heterocycles. The molecule has 1 fully saturated rings. The Morgan fingerprint density at radius 2 is 1.75 bits per heavy atom. The number of rotatable bonds is 15. The number of nitrogens with zero attached hydrogens (tertiary/aromatic N) is 5. The third kappa shape index (κ3) is 9.77. The largest absolute Gasteiger partial charge is 0.376 e. The second kappa shape index (κ2) is 17.7. The lowest BCUT2D eigenvalue weighted by atomic mass is 9.99. The molecule has 57 heavy (non-hydrogen) atoms. The van der Waals surface area contributed by atoms with Crippen molar-refractivity contribution in [3.05, 3.63) is 141 Å². The van der Waals surface area contributed by atoms with E-state index >= 15 is 0 Å². The number of sulfonamides is 1. The summed E-state index contributed by atoms with van der Waals surface area (Å²) < 4.78 is 29.1. The quantitative estimate of drug-likeness (QED) is 0.0629. The number of hydrogen-bond donors (Lipinski definition) is 2. The molecule has 0 radical (unpaired) electrons. The molecule has 1 amide bonds. The molecule has 2 aliphatic heterocycles. The van der Waals surface area contributed by atoms with Gasteiger partial charge in [-0.1, -0.05) is 66.2 Å². The monoisotopic (exact) mass is 825 g/mol. The lowest BCUT2D eigenvalue weighted by molar-refractivity contribution is -0.384. The van der Waals surface area contributed by atoms with Crippen LogP contribution in [0.15, 0.2) is 119 Å². The van der Waals surface area contributed by atoms with Gasteiger partial charge in [-0.2, -0.15) is 0 Å². The van der Waals surface area contributed by atoms with Crippen LogP contribution in [0.25, 0.3) is 11.1 Å². The third-order valence-electron chi connectivity index (χ3n) is 10.2. The summed E-state index contributed by atoms with van der Waals surface area (Å²) in [6.07, 6.45) is 1.31. The van der Waals surface area contributed by atoms with Crippen molar-refractivity contribution < 1.29 is 18.1 Å². The molecular weight excluding hydrogens is 782 g/mol. The fourth-order valence-electron chi connectivity index (χ4n) is 7.35. The van der Waals surface area contributed by atoms with Crippen molar-refractivity contribution in [2.45, 2.75) is 41.3 Å². The van der Waals surface area contributed by atoms with Gasteiger partial charge in [-0.3, -0.25) is 19.8 Å². The van der Waals surface area contributed by atoms with Gasteiger partial charge in [0.15, 0.2) is 0 Å². The Hall–Kier alpha value is -4.99. The maximum atomic E-state index is 13.5.